The molecule has 0 radical (unpaired) electrons. The van der Waals surface area contributed by atoms with Crippen LogP contribution < -0.4 is 19.9 Å². The van der Waals surface area contributed by atoms with Crippen LogP contribution in [0.3, 0.4) is 0 Å². The lowest BCUT2D eigenvalue weighted by atomic mass is 9.83. The standard InChI is InChI=1S/C27H24N2O4S/c1-16(2)31-19-8-4-18(5-9-19)27(30)32-20-10-13-22-24(14-20)33-26(29)23(15-28)25(22)17-6-11-21(34-3)12-7-17/h4-14,16,25H,29H2,1-3H3. The molecule has 0 amide bonds. The minimum atomic E-state index is -0.503. The van der Waals surface area contributed by atoms with Crippen molar-refractivity contribution in [2.45, 2.75) is 30.8 Å². The highest BCUT2D eigenvalue weighted by molar-refractivity contribution is 7.98. The van der Waals surface area contributed by atoms with Gasteiger partial charge in [0.1, 0.15) is 28.9 Å². The molecule has 0 spiro atoms. The average molecular weight is 473 g/mol. The van der Waals surface area contributed by atoms with Gasteiger partial charge in [0.25, 0.3) is 0 Å². The number of carbonyl (C=O) groups excluding carboxylic acids is 1. The van der Waals surface area contributed by atoms with Crippen LogP contribution in [-0.4, -0.2) is 18.3 Å². The van der Waals surface area contributed by atoms with Crippen LogP contribution in [0.25, 0.3) is 0 Å². The van der Waals surface area contributed by atoms with E-state index in [4.69, 9.17) is 19.9 Å². The van der Waals surface area contributed by atoms with Crippen LogP contribution in [-0.2, 0) is 0 Å². The lowest BCUT2D eigenvalue weighted by Gasteiger charge is -2.26. The van der Waals surface area contributed by atoms with Crippen molar-refractivity contribution in [3.63, 3.8) is 0 Å². The molecule has 0 saturated heterocycles. The van der Waals surface area contributed by atoms with Crippen molar-refractivity contribution in [1.82, 2.24) is 0 Å². The number of ether oxygens (including phenoxy) is 3. The molecule has 34 heavy (non-hydrogen) atoms. The van der Waals surface area contributed by atoms with Crippen molar-refractivity contribution in [3.8, 4) is 23.3 Å². The topological polar surface area (TPSA) is 94.6 Å². The zero-order valence-corrected chi connectivity index (χ0v) is 19.9. The second kappa shape index (κ2) is 9.94. The van der Waals surface area contributed by atoms with Crippen LogP contribution in [0.2, 0.25) is 0 Å². The molecule has 172 valence electrons. The predicted molar refractivity (Wildman–Crippen MR) is 131 cm³/mol. The number of fused-ring (bicyclic) bond motifs is 1. The van der Waals surface area contributed by atoms with E-state index in [9.17, 15) is 10.1 Å². The first-order valence-electron chi connectivity index (χ1n) is 10.7. The Morgan fingerprint density at radius 1 is 1.06 bits per heavy atom. The molecule has 0 bridgehead atoms. The SMILES string of the molecule is CSc1ccc(C2C(C#N)=C(N)Oc3cc(OC(=O)c4ccc(OC(C)C)cc4)ccc32)cc1. The Balaban J connectivity index is 1.59. The smallest absolute Gasteiger partial charge is 0.343 e. The van der Waals surface area contributed by atoms with Crippen molar-refractivity contribution in [1.29, 1.82) is 5.26 Å². The number of thioether (sulfide) groups is 1. The van der Waals surface area contributed by atoms with Gasteiger partial charge in [0, 0.05) is 16.5 Å². The van der Waals surface area contributed by atoms with Gasteiger partial charge in [-0.15, -0.1) is 11.8 Å². The third kappa shape index (κ3) is 4.87. The van der Waals surface area contributed by atoms with E-state index >= 15 is 0 Å². The van der Waals surface area contributed by atoms with Gasteiger partial charge in [0.05, 0.1) is 17.6 Å². The molecule has 7 heteroatoms. The monoisotopic (exact) mass is 472 g/mol. The largest absolute Gasteiger partial charge is 0.491 e. The van der Waals surface area contributed by atoms with Gasteiger partial charge < -0.3 is 19.9 Å². The van der Waals surface area contributed by atoms with Crippen LogP contribution in [0.4, 0.5) is 0 Å². The fraction of sp³-hybridized carbons (Fsp3) is 0.185. The second-order valence-corrected chi connectivity index (χ2v) is 8.86. The zero-order valence-electron chi connectivity index (χ0n) is 19.1. The van der Waals surface area contributed by atoms with Crippen LogP contribution >= 0.6 is 11.8 Å². The molecular weight excluding hydrogens is 448 g/mol. The van der Waals surface area contributed by atoms with Crippen molar-refractivity contribution in [3.05, 3.63) is 94.9 Å². The molecule has 0 aromatic heterocycles. The van der Waals surface area contributed by atoms with Gasteiger partial charge in [-0.2, -0.15) is 5.26 Å². The molecule has 0 saturated carbocycles. The highest BCUT2D eigenvalue weighted by Crippen LogP contribution is 2.43. The fourth-order valence-corrected chi connectivity index (χ4v) is 4.15. The number of esters is 1. The first-order chi connectivity index (χ1) is 16.4. The van der Waals surface area contributed by atoms with Gasteiger partial charge in [-0.25, -0.2) is 4.79 Å². The summed E-state index contributed by atoms with van der Waals surface area (Å²) in [5.74, 6) is 0.608. The first-order valence-corrected chi connectivity index (χ1v) is 12.0. The van der Waals surface area contributed by atoms with E-state index in [1.807, 2.05) is 44.4 Å². The number of benzene rings is 3. The minimum absolute atomic E-state index is 0.0400. The number of allylic oxidation sites excluding steroid dienone is 1. The number of nitrogens with two attached hydrogens (primary N) is 1. The summed E-state index contributed by atoms with van der Waals surface area (Å²) in [4.78, 5) is 13.8. The molecule has 4 rings (SSSR count). The zero-order chi connectivity index (χ0) is 24.2. The van der Waals surface area contributed by atoms with Crippen LogP contribution in [0, 0.1) is 11.3 Å². The van der Waals surface area contributed by atoms with Gasteiger partial charge in [-0.05, 0) is 68.1 Å². The highest BCUT2D eigenvalue weighted by Gasteiger charge is 2.31. The molecule has 6 nitrogen and oxygen atoms in total. The Hall–Kier alpha value is -3.89. The Morgan fingerprint density at radius 3 is 2.35 bits per heavy atom. The van der Waals surface area contributed by atoms with E-state index in [2.05, 4.69) is 6.07 Å². The lowest BCUT2D eigenvalue weighted by Crippen LogP contribution is -2.21. The number of nitrogens with zero attached hydrogens (tertiary/aromatic N) is 1. The van der Waals surface area contributed by atoms with E-state index in [0.29, 0.717) is 28.4 Å². The maximum Gasteiger partial charge on any atom is 0.343 e. The van der Waals surface area contributed by atoms with Gasteiger partial charge in [0.15, 0.2) is 0 Å². The second-order valence-electron chi connectivity index (χ2n) is 7.98. The first kappa shape index (κ1) is 23.3. The quantitative estimate of drug-likeness (QED) is 0.282. The maximum atomic E-state index is 12.6. The van der Waals surface area contributed by atoms with Gasteiger partial charge in [0.2, 0.25) is 5.88 Å². The third-order valence-corrected chi connectivity index (χ3v) is 6.06. The summed E-state index contributed by atoms with van der Waals surface area (Å²) in [6.07, 6.45) is 2.05. The van der Waals surface area contributed by atoms with Crippen molar-refractivity contribution >= 4 is 17.7 Å². The van der Waals surface area contributed by atoms with Gasteiger partial charge in [-0.1, -0.05) is 18.2 Å². The molecule has 3 aromatic carbocycles. The molecule has 2 N–H and O–H groups in total. The maximum absolute atomic E-state index is 12.6. The van der Waals surface area contributed by atoms with E-state index in [-0.39, 0.29) is 17.9 Å². The van der Waals surface area contributed by atoms with Gasteiger partial charge in [-0.3, -0.25) is 0 Å². The van der Waals surface area contributed by atoms with E-state index in [0.717, 1.165) is 16.0 Å². The Bertz CT molecular complexity index is 1280. The molecule has 1 aliphatic heterocycles. The molecule has 0 aliphatic carbocycles. The summed E-state index contributed by atoms with van der Waals surface area (Å²) in [6, 6.07) is 22.0. The summed E-state index contributed by atoms with van der Waals surface area (Å²) in [6.45, 7) is 3.87. The molecule has 3 aromatic rings. The highest BCUT2D eigenvalue weighted by atomic mass is 32.2. The van der Waals surface area contributed by atoms with Crippen molar-refractivity contribution < 1.29 is 19.0 Å². The number of hydrogen-bond donors (Lipinski definition) is 1. The Kier molecular flexibility index (Phi) is 6.80. The van der Waals surface area contributed by atoms with Crippen molar-refractivity contribution in [2.24, 2.45) is 5.73 Å². The van der Waals surface area contributed by atoms with Crippen molar-refractivity contribution in [2.75, 3.05) is 6.26 Å². The molecule has 1 heterocycles. The number of nitriles is 1. The normalized spacial score (nSPS) is 14.7. The fourth-order valence-electron chi connectivity index (χ4n) is 3.75. The molecular formula is C27H24N2O4S. The van der Waals surface area contributed by atoms with E-state index in [1.54, 1.807) is 54.2 Å². The Labute approximate surface area is 202 Å². The molecule has 1 aliphatic rings. The molecule has 0 fully saturated rings. The summed E-state index contributed by atoms with van der Waals surface area (Å²) in [5, 5.41) is 9.74. The average Bonchev–Trinajstić information content (AvgIpc) is 2.83. The molecule has 1 unspecified atom stereocenters. The third-order valence-electron chi connectivity index (χ3n) is 5.31. The lowest BCUT2D eigenvalue weighted by molar-refractivity contribution is 0.0734. The predicted octanol–water partition coefficient (Wildman–Crippen LogP) is 5.63. The summed E-state index contributed by atoms with van der Waals surface area (Å²) in [5.41, 5.74) is 8.53. The Morgan fingerprint density at radius 2 is 1.74 bits per heavy atom. The van der Waals surface area contributed by atoms with Gasteiger partial charge >= 0.3 is 5.97 Å². The molecule has 1 atom stereocenters. The number of hydrogen-bond acceptors (Lipinski definition) is 7. The summed E-state index contributed by atoms with van der Waals surface area (Å²) < 4.78 is 16.9. The van der Waals surface area contributed by atoms with Crippen LogP contribution in [0.1, 0.15) is 41.3 Å². The summed E-state index contributed by atoms with van der Waals surface area (Å²) >= 11 is 1.64. The number of carbonyl (C=O) groups is 1. The van der Waals surface area contributed by atoms with E-state index in [1.165, 1.54) is 0 Å². The van der Waals surface area contributed by atoms with E-state index < -0.39 is 5.97 Å². The summed E-state index contributed by atoms with van der Waals surface area (Å²) in [7, 11) is 0. The van der Waals surface area contributed by atoms with Crippen LogP contribution in [0.5, 0.6) is 17.2 Å². The number of rotatable bonds is 6. The minimum Gasteiger partial charge on any atom is -0.491 e. The van der Waals surface area contributed by atoms with Crippen LogP contribution in [0.15, 0.2) is 83.1 Å².